The van der Waals surface area contributed by atoms with Gasteiger partial charge in [-0.15, -0.1) is 0 Å². The molecule has 2 aliphatic heterocycles. The molecule has 5 heteroatoms. The second-order valence-electron chi connectivity index (χ2n) is 5.10. The van der Waals surface area contributed by atoms with Gasteiger partial charge in [-0.3, -0.25) is 4.90 Å². The maximum atomic E-state index is 12.2. The van der Waals surface area contributed by atoms with Gasteiger partial charge in [0.2, 0.25) is 0 Å². The number of carbonyl (C=O) groups is 1. The molecule has 0 spiro atoms. The summed E-state index contributed by atoms with van der Waals surface area (Å²) < 4.78 is 5.07. The van der Waals surface area contributed by atoms with Crippen molar-refractivity contribution in [2.45, 2.75) is 18.4 Å². The number of likely N-dealkylation sites (N-methyl/N-ethyl adjacent to an activating group) is 1. The minimum Gasteiger partial charge on any atom is -0.468 e. The van der Waals surface area contributed by atoms with Gasteiger partial charge in [0.15, 0.2) is 0 Å². The van der Waals surface area contributed by atoms with Crippen LogP contribution in [0, 0.1) is 0 Å². The number of hydrogen-bond acceptors (Lipinski definition) is 5. The quantitative estimate of drug-likeness (QED) is 0.662. The molecule has 98 valence electrons. The van der Waals surface area contributed by atoms with Crippen LogP contribution >= 0.6 is 0 Å². The molecule has 0 aromatic heterocycles. The first-order valence-electron chi connectivity index (χ1n) is 6.42. The molecule has 2 saturated heterocycles. The summed E-state index contributed by atoms with van der Waals surface area (Å²) in [4.78, 5) is 16.8. The van der Waals surface area contributed by atoms with Crippen molar-refractivity contribution in [3.05, 3.63) is 0 Å². The summed E-state index contributed by atoms with van der Waals surface area (Å²) >= 11 is 0. The van der Waals surface area contributed by atoms with E-state index in [2.05, 4.69) is 22.2 Å². The molecule has 2 rings (SSSR count). The van der Waals surface area contributed by atoms with Crippen molar-refractivity contribution >= 4 is 5.97 Å². The number of methoxy groups -OCH3 is 1. The molecule has 0 aromatic rings. The van der Waals surface area contributed by atoms with Crippen molar-refractivity contribution in [3.63, 3.8) is 0 Å². The molecule has 0 saturated carbocycles. The number of rotatable bonds is 2. The topological polar surface area (TPSA) is 44.8 Å². The molecule has 2 heterocycles. The Hall–Kier alpha value is -0.650. The Labute approximate surface area is 103 Å². The fraction of sp³-hybridized carbons (Fsp3) is 0.917. The number of ether oxygens (including phenoxy) is 1. The van der Waals surface area contributed by atoms with Crippen molar-refractivity contribution in [1.29, 1.82) is 0 Å². The van der Waals surface area contributed by atoms with Gasteiger partial charge in [-0.2, -0.15) is 0 Å². The van der Waals surface area contributed by atoms with Gasteiger partial charge in [-0.1, -0.05) is 0 Å². The Balaban J connectivity index is 2.18. The molecular formula is C12H23N3O2. The summed E-state index contributed by atoms with van der Waals surface area (Å²) in [6, 6.07) is 0. The van der Waals surface area contributed by atoms with Gasteiger partial charge < -0.3 is 15.0 Å². The van der Waals surface area contributed by atoms with Gasteiger partial charge in [0, 0.05) is 32.7 Å². The standard InChI is InChI=1S/C12H23N3O2/c1-14-7-3-4-12(10-14,11(16)17-2)15-8-5-13-6-9-15/h13H,3-10H2,1-2H3. The zero-order valence-corrected chi connectivity index (χ0v) is 10.9. The van der Waals surface area contributed by atoms with Crippen LogP contribution in [0.3, 0.4) is 0 Å². The molecule has 1 N–H and O–H groups in total. The molecule has 5 nitrogen and oxygen atoms in total. The SMILES string of the molecule is COC(=O)C1(N2CCNCC2)CCCN(C)C1. The smallest absolute Gasteiger partial charge is 0.327 e. The zero-order valence-electron chi connectivity index (χ0n) is 10.9. The van der Waals surface area contributed by atoms with Crippen LogP contribution in [0.4, 0.5) is 0 Å². The van der Waals surface area contributed by atoms with E-state index in [1.165, 1.54) is 7.11 Å². The Morgan fingerprint density at radius 3 is 2.59 bits per heavy atom. The second kappa shape index (κ2) is 5.33. The van der Waals surface area contributed by atoms with Crippen LogP contribution in [0.25, 0.3) is 0 Å². The normalized spacial score (nSPS) is 32.4. The minimum atomic E-state index is -0.413. The Morgan fingerprint density at radius 1 is 1.29 bits per heavy atom. The van der Waals surface area contributed by atoms with Gasteiger partial charge in [-0.05, 0) is 26.4 Å². The number of carbonyl (C=O) groups excluding carboxylic acids is 1. The van der Waals surface area contributed by atoms with Crippen LogP contribution in [-0.4, -0.2) is 74.7 Å². The van der Waals surface area contributed by atoms with E-state index in [4.69, 9.17) is 4.74 Å². The summed E-state index contributed by atoms with van der Waals surface area (Å²) in [7, 11) is 3.58. The number of piperazine rings is 1. The lowest BCUT2D eigenvalue weighted by atomic mass is 9.86. The fourth-order valence-corrected chi connectivity index (χ4v) is 3.08. The summed E-state index contributed by atoms with van der Waals surface area (Å²) in [6.07, 6.45) is 1.99. The summed E-state index contributed by atoms with van der Waals surface area (Å²) in [5.74, 6) is -0.0639. The van der Waals surface area contributed by atoms with Crippen molar-refractivity contribution in [3.8, 4) is 0 Å². The van der Waals surface area contributed by atoms with E-state index in [0.29, 0.717) is 0 Å². The van der Waals surface area contributed by atoms with E-state index < -0.39 is 5.54 Å². The van der Waals surface area contributed by atoms with E-state index in [9.17, 15) is 4.79 Å². The highest BCUT2D eigenvalue weighted by Gasteiger charge is 2.47. The molecule has 1 unspecified atom stereocenters. The van der Waals surface area contributed by atoms with Crippen molar-refractivity contribution in [2.24, 2.45) is 0 Å². The molecule has 17 heavy (non-hydrogen) atoms. The molecule has 0 bridgehead atoms. The number of likely N-dealkylation sites (tertiary alicyclic amines) is 1. The lowest BCUT2D eigenvalue weighted by Crippen LogP contribution is -2.66. The first-order chi connectivity index (χ1) is 8.19. The number of nitrogens with one attached hydrogen (secondary N) is 1. The number of piperidine rings is 1. The first-order valence-corrected chi connectivity index (χ1v) is 6.42. The number of nitrogens with zero attached hydrogens (tertiary/aromatic N) is 2. The number of esters is 1. The summed E-state index contributed by atoms with van der Waals surface area (Å²) in [6.45, 7) is 5.65. The van der Waals surface area contributed by atoms with Crippen molar-refractivity contribution < 1.29 is 9.53 Å². The second-order valence-corrected chi connectivity index (χ2v) is 5.10. The van der Waals surface area contributed by atoms with Gasteiger partial charge in [0.05, 0.1) is 7.11 Å². The third kappa shape index (κ3) is 2.46. The van der Waals surface area contributed by atoms with Gasteiger partial charge in [-0.25, -0.2) is 4.79 Å². The van der Waals surface area contributed by atoms with Gasteiger partial charge in [0.1, 0.15) is 5.54 Å². The molecule has 0 radical (unpaired) electrons. The van der Waals surface area contributed by atoms with Crippen LogP contribution in [0.2, 0.25) is 0 Å². The lowest BCUT2D eigenvalue weighted by molar-refractivity contribution is -0.160. The maximum Gasteiger partial charge on any atom is 0.327 e. The lowest BCUT2D eigenvalue weighted by Gasteiger charge is -2.48. The van der Waals surface area contributed by atoms with Crippen molar-refractivity contribution in [2.75, 3.05) is 53.4 Å². The molecule has 0 aliphatic carbocycles. The van der Waals surface area contributed by atoms with E-state index in [-0.39, 0.29) is 5.97 Å². The van der Waals surface area contributed by atoms with Crippen LogP contribution in [0.1, 0.15) is 12.8 Å². The van der Waals surface area contributed by atoms with Crippen LogP contribution in [0.5, 0.6) is 0 Å². The Morgan fingerprint density at radius 2 is 2.00 bits per heavy atom. The molecule has 2 aliphatic rings. The summed E-state index contributed by atoms with van der Waals surface area (Å²) in [5, 5.41) is 3.33. The van der Waals surface area contributed by atoms with E-state index in [0.717, 1.165) is 52.1 Å². The monoisotopic (exact) mass is 241 g/mol. The predicted molar refractivity (Wildman–Crippen MR) is 65.9 cm³/mol. The van der Waals surface area contributed by atoms with Crippen LogP contribution in [0.15, 0.2) is 0 Å². The Bertz CT molecular complexity index is 279. The molecular weight excluding hydrogens is 218 g/mol. The molecule has 1 atom stereocenters. The molecule has 0 amide bonds. The van der Waals surface area contributed by atoms with E-state index >= 15 is 0 Å². The van der Waals surface area contributed by atoms with Gasteiger partial charge in [0.25, 0.3) is 0 Å². The Kier molecular flexibility index (Phi) is 4.01. The highest BCUT2D eigenvalue weighted by Crippen LogP contribution is 2.28. The maximum absolute atomic E-state index is 12.2. The van der Waals surface area contributed by atoms with E-state index in [1.54, 1.807) is 0 Å². The van der Waals surface area contributed by atoms with Crippen LogP contribution in [-0.2, 0) is 9.53 Å². The molecule has 2 fully saturated rings. The third-order valence-corrected chi connectivity index (χ3v) is 3.95. The van der Waals surface area contributed by atoms with E-state index in [1.807, 2.05) is 0 Å². The average Bonchev–Trinajstić information content (AvgIpc) is 2.38. The third-order valence-electron chi connectivity index (χ3n) is 3.95. The number of hydrogen-bond donors (Lipinski definition) is 1. The summed E-state index contributed by atoms with van der Waals surface area (Å²) in [5.41, 5.74) is -0.413. The zero-order chi connectivity index (χ0) is 12.3. The highest BCUT2D eigenvalue weighted by atomic mass is 16.5. The molecule has 0 aromatic carbocycles. The van der Waals surface area contributed by atoms with Crippen LogP contribution < -0.4 is 5.32 Å². The van der Waals surface area contributed by atoms with Gasteiger partial charge >= 0.3 is 5.97 Å². The average molecular weight is 241 g/mol. The minimum absolute atomic E-state index is 0.0639. The predicted octanol–water partition coefficient (Wildman–Crippen LogP) is -0.471. The largest absolute Gasteiger partial charge is 0.468 e. The first kappa shape index (κ1) is 12.8. The van der Waals surface area contributed by atoms with Crippen molar-refractivity contribution in [1.82, 2.24) is 15.1 Å². The fourth-order valence-electron chi connectivity index (χ4n) is 3.08. The highest BCUT2D eigenvalue weighted by molar-refractivity contribution is 5.81.